The molecule has 0 amide bonds. The zero-order valence-corrected chi connectivity index (χ0v) is 14.0. The van der Waals surface area contributed by atoms with Gasteiger partial charge in [0.1, 0.15) is 0 Å². The van der Waals surface area contributed by atoms with Crippen LogP contribution < -0.4 is 14.8 Å². The van der Waals surface area contributed by atoms with Gasteiger partial charge in [0.05, 0.1) is 18.2 Å². The minimum absolute atomic E-state index is 0.633. The van der Waals surface area contributed by atoms with Crippen LogP contribution in [0.15, 0.2) is 16.6 Å². The smallest absolute Gasteiger partial charge is 0.175 e. The van der Waals surface area contributed by atoms with Crippen molar-refractivity contribution in [2.45, 2.75) is 39.2 Å². The van der Waals surface area contributed by atoms with Crippen LogP contribution in [0, 0.1) is 5.92 Å². The van der Waals surface area contributed by atoms with E-state index in [0.29, 0.717) is 6.61 Å². The molecule has 1 saturated carbocycles. The lowest BCUT2D eigenvalue weighted by atomic mass is 9.83. The van der Waals surface area contributed by atoms with Crippen molar-refractivity contribution in [1.82, 2.24) is 5.32 Å². The molecule has 0 atom stereocenters. The topological polar surface area (TPSA) is 30.5 Å². The Morgan fingerprint density at radius 2 is 2.15 bits per heavy atom. The molecule has 1 aliphatic carbocycles. The second kappa shape index (κ2) is 7.89. The van der Waals surface area contributed by atoms with Crippen LogP contribution in [-0.2, 0) is 6.54 Å². The number of rotatable bonds is 8. The summed E-state index contributed by atoms with van der Waals surface area (Å²) in [6.45, 7) is 4.57. The van der Waals surface area contributed by atoms with Crippen LogP contribution in [0.5, 0.6) is 11.5 Å². The number of ether oxygens (including phenoxy) is 2. The molecule has 4 heteroatoms. The molecule has 1 fully saturated rings. The average Bonchev–Trinajstić information content (AvgIpc) is 2.39. The largest absolute Gasteiger partial charge is 0.493 e. The highest BCUT2D eigenvalue weighted by Crippen LogP contribution is 2.36. The average molecular weight is 342 g/mol. The van der Waals surface area contributed by atoms with Gasteiger partial charge in [-0.05, 0) is 59.4 Å². The maximum Gasteiger partial charge on any atom is 0.175 e. The van der Waals surface area contributed by atoms with Crippen LogP contribution in [0.25, 0.3) is 0 Å². The van der Waals surface area contributed by atoms with Gasteiger partial charge in [0, 0.05) is 6.54 Å². The third kappa shape index (κ3) is 4.13. The monoisotopic (exact) mass is 341 g/mol. The highest BCUT2D eigenvalue weighted by molar-refractivity contribution is 9.10. The molecule has 3 nitrogen and oxygen atoms in total. The van der Waals surface area contributed by atoms with Crippen molar-refractivity contribution in [3.05, 3.63) is 22.2 Å². The number of hydrogen-bond acceptors (Lipinski definition) is 3. The molecule has 1 aromatic carbocycles. The summed E-state index contributed by atoms with van der Waals surface area (Å²) in [5, 5.41) is 3.51. The van der Waals surface area contributed by atoms with Crippen molar-refractivity contribution >= 4 is 15.9 Å². The molecule has 112 valence electrons. The van der Waals surface area contributed by atoms with Crippen LogP contribution in [0.2, 0.25) is 0 Å². The van der Waals surface area contributed by atoms with Gasteiger partial charge in [-0.15, -0.1) is 0 Å². The molecule has 1 N–H and O–H groups in total. The summed E-state index contributed by atoms with van der Waals surface area (Å²) in [7, 11) is 1.68. The molecule has 2 rings (SSSR count). The number of benzene rings is 1. The zero-order chi connectivity index (χ0) is 14.4. The summed E-state index contributed by atoms with van der Waals surface area (Å²) in [5.41, 5.74) is 1.21. The Morgan fingerprint density at radius 1 is 1.35 bits per heavy atom. The van der Waals surface area contributed by atoms with Crippen molar-refractivity contribution in [2.24, 2.45) is 5.92 Å². The predicted molar refractivity (Wildman–Crippen MR) is 85.5 cm³/mol. The van der Waals surface area contributed by atoms with Crippen molar-refractivity contribution < 1.29 is 9.47 Å². The van der Waals surface area contributed by atoms with E-state index in [1.54, 1.807) is 7.11 Å². The molecule has 0 unspecified atom stereocenters. The van der Waals surface area contributed by atoms with Gasteiger partial charge in [-0.1, -0.05) is 19.3 Å². The van der Waals surface area contributed by atoms with Gasteiger partial charge in [0.2, 0.25) is 0 Å². The number of halogens is 1. The Bertz CT molecular complexity index is 433. The maximum atomic E-state index is 5.60. The van der Waals surface area contributed by atoms with Crippen LogP contribution in [0.4, 0.5) is 0 Å². The fourth-order valence-electron chi connectivity index (χ4n) is 2.48. The molecule has 0 aromatic heterocycles. The van der Waals surface area contributed by atoms with Crippen LogP contribution >= 0.6 is 15.9 Å². The Kier molecular flexibility index (Phi) is 6.17. The molecule has 0 aliphatic heterocycles. The van der Waals surface area contributed by atoms with E-state index < -0.39 is 0 Å². The number of hydrogen-bond donors (Lipinski definition) is 1. The quantitative estimate of drug-likeness (QED) is 0.721. The van der Waals surface area contributed by atoms with Crippen LogP contribution in [-0.4, -0.2) is 20.3 Å². The number of nitrogens with one attached hydrogen (secondary N) is 1. The first kappa shape index (κ1) is 15.6. The van der Waals surface area contributed by atoms with Crippen molar-refractivity contribution in [3.63, 3.8) is 0 Å². The van der Waals surface area contributed by atoms with Crippen molar-refractivity contribution in [3.8, 4) is 11.5 Å². The lowest BCUT2D eigenvalue weighted by Gasteiger charge is -2.25. The zero-order valence-electron chi connectivity index (χ0n) is 12.4. The molecule has 0 bridgehead atoms. The van der Waals surface area contributed by atoms with E-state index in [-0.39, 0.29) is 0 Å². The van der Waals surface area contributed by atoms with Crippen molar-refractivity contribution in [2.75, 3.05) is 20.3 Å². The first-order chi connectivity index (χ1) is 9.74. The third-order valence-electron chi connectivity index (χ3n) is 3.86. The normalized spacial score (nSPS) is 14.9. The Balaban J connectivity index is 1.88. The van der Waals surface area contributed by atoms with Gasteiger partial charge in [0.25, 0.3) is 0 Å². The Hall–Kier alpha value is -0.740. The Labute approximate surface area is 130 Å². The fraction of sp³-hybridized carbons (Fsp3) is 0.625. The lowest BCUT2D eigenvalue weighted by Crippen LogP contribution is -2.21. The molecular formula is C16H24BrNO2. The summed E-state index contributed by atoms with van der Waals surface area (Å²) >= 11 is 3.56. The van der Waals surface area contributed by atoms with Gasteiger partial charge in [-0.2, -0.15) is 0 Å². The Morgan fingerprint density at radius 3 is 2.75 bits per heavy atom. The second-order valence-electron chi connectivity index (χ2n) is 5.30. The fourth-order valence-corrected chi connectivity index (χ4v) is 3.08. The van der Waals surface area contributed by atoms with Crippen LogP contribution in [0.1, 0.15) is 38.2 Å². The van der Waals surface area contributed by atoms with Crippen LogP contribution in [0.3, 0.4) is 0 Å². The van der Waals surface area contributed by atoms with E-state index in [9.17, 15) is 0 Å². The van der Waals surface area contributed by atoms with E-state index in [4.69, 9.17) is 9.47 Å². The SMILES string of the molecule is CCOc1c(Br)cc(CNCCC2CCC2)cc1OC. The minimum atomic E-state index is 0.633. The van der Waals surface area contributed by atoms with E-state index in [1.165, 1.54) is 31.2 Å². The summed E-state index contributed by atoms with van der Waals surface area (Å²) in [6, 6.07) is 4.15. The third-order valence-corrected chi connectivity index (χ3v) is 4.45. The summed E-state index contributed by atoms with van der Waals surface area (Å²) in [4.78, 5) is 0. The molecule has 1 aliphatic rings. The first-order valence-corrected chi connectivity index (χ1v) is 8.23. The summed E-state index contributed by atoms with van der Waals surface area (Å²) in [5.74, 6) is 2.54. The van der Waals surface area contributed by atoms with Crippen molar-refractivity contribution in [1.29, 1.82) is 0 Å². The van der Waals surface area contributed by atoms with E-state index >= 15 is 0 Å². The lowest BCUT2D eigenvalue weighted by molar-refractivity contribution is 0.292. The molecule has 20 heavy (non-hydrogen) atoms. The molecule has 0 radical (unpaired) electrons. The van der Waals surface area contributed by atoms with Gasteiger partial charge in [-0.3, -0.25) is 0 Å². The van der Waals surface area contributed by atoms with Gasteiger partial charge in [-0.25, -0.2) is 0 Å². The predicted octanol–water partition coefficient (Wildman–Crippen LogP) is 4.14. The molecular weight excluding hydrogens is 318 g/mol. The highest BCUT2D eigenvalue weighted by Gasteiger charge is 2.16. The molecule has 0 heterocycles. The van der Waals surface area contributed by atoms with Gasteiger partial charge < -0.3 is 14.8 Å². The summed E-state index contributed by atoms with van der Waals surface area (Å²) in [6.07, 6.45) is 5.57. The highest BCUT2D eigenvalue weighted by atomic mass is 79.9. The van der Waals surface area contributed by atoms with E-state index in [0.717, 1.165) is 35.0 Å². The second-order valence-corrected chi connectivity index (χ2v) is 6.16. The minimum Gasteiger partial charge on any atom is -0.493 e. The maximum absolute atomic E-state index is 5.60. The van der Waals surface area contributed by atoms with Gasteiger partial charge >= 0.3 is 0 Å². The first-order valence-electron chi connectivity index (χ1n) is 7.44. The van der Waals surface area contributed by atoms with Gasteiger partial charge in [0.15, 0.2) is 11.5 Å². The molecule has 1 aromatic rings. The van der Waals surface area contributed by atoms with E-state index in [1.807, 2.05) is 13.0 Å². The van der Waals surface area contributed by atoms with E-state index in [2.05, 4.69) is 27.3 Å². The standard InChI is InChI=1S/C16H24BrNO2/c1-3-20-16-14(17)9-13(10-15(16)19-2)11-18-8-7-12-5-4-6-12/h9-10,12,18H,3-8,11H2,1-2H3. The molecule has 0 spiro atoms. The summed E-state index contributed by atoms with van der Waals surface area (Å²) < 4.78 is 12.0. The molecule has 0 saturated heterocycles. The number of methoxy groups -OCH3 is 1.